The molecule has 0 saturated heterocycles. The molecule has 0 radical (unpaired) electrons. The number of anilines is 2. The zero-order valence-corrected chi connectivity index (χ0v) is 22.3. The minimum Gasteiger partial charge on any atom is -0.494 e. The molecular formula is C29H34F2N6O2. The summed E-state index contributed by atoms with van der Waals surface area (Å²) < 4.78 is 35.6. The quantitative estimate of drug-likeness (QED) is 0.191. The van der Waals surface area contributed by atoms with Gasteiger partial charge in [0.25, 0.3) is 5.91 Å². The number of unbranched alkanes of at least 4 members (excludes halogenated alkanes) is 4. The van der Waals surface area contributed by atoms with Crippen LogP contribution in [0.1, 0.15) is 54.9 Å². The van der Waals surface area contributed by atoms with E-state index in [9.17, 15) is 13.6 Å². The minimum atomic E-state index is -1.06. The van der Waals surface area contributed by atoms with Crippen molar-refractivity contribution in [3.8, 4) is 17.0 Å². The third-order valence-corrected chi connectivity index (χ3v) is 6.63. The second-order valence-corrected chi connectivity index (χ2v) is 9.22. The van der Waals surface area contributed by atoms with Crippen molar-refractivity contribution in [1.82, 2.24) is 19.7 Å². The summed E-state index contributed by atoms with van der Waals surface area (Å²) in [5.41, 5.74) is 8.65. The second kappa shape index (κ2) is 13.1. The van der Waals surface area contributed by atoms with E-state index in [2.05, 4.69) is 20.6 Å². The average molecular weight is 537 g/mol. The molecule has 206 valence electrons. The Kier molecular flexibility index (Phi) is 9.43. The second-order valence-electron chi connectivity index (χ2n) is 9.22. The highest BCUT2D eigenvalue weighted by Gasteiger charge is 2.19. The summed E-state index contributed by atoms with van der Waals surface area (Å²) in [5, 5.41) is 6.27. The molecule has 0 fully saturated rings. The summed E-state index contributed by atoms with van der Waals surface area (Å²) in [7, 11) is 1.28. The molecule has 0 saturated carbocycles. The summed E-state index contributed by atoms with van der Waals surface area (Å²) in [6.07, 6.45) is 10.6. The predicted molar refractivity (Wildman–Crippen MR) is 148 cm³/mol. The van der Waals surface area contributed by atoms with Gasteiger partial charge in [-0.05, 0) is 61.7 Å². The molecule has 0 aliphatic heterocycles. The smallest absolute Gasteiger partial charge is 0.251 e. The Morgan fingerprint density at radius 2 is 1.85 bits per heavy atom. The van der Waals surface area contributed by atoms with E-state index in [0.29, 0.717) is 35.7 Å². The van der Waals surface area contributed by atoms with Crippen molar-refractivity contribution in [2.75, 3.05) is 25.5 Å². The number of imidazole rings is 1. The molecule has 4 N–H and O–H groups in total. The minimum absolute atomic E-state index is 0.0529. The van der Waals surface area contributed by atoms with Crippen LogP contribution in [-0.4, -0.2) is 40.5 Å². The van der Waals surface area contributed by atoms with Gasteiger partial charge in [0.1, 0.15) is 0 Å². The zero-order chi connectivity index (χ0) is 27.8. The lowest BCUT2D eigenvalue weighted by atomic mass is 10.0. The van der Waals surface area contributed by atoms with E-state index in [1.54, 1.807) is 22.9 Å². The topological polar surface area (TPSA) is 107 Å². The van der Waals surface area contributed by atoms with Gasteiger partial charge in [-0.1, -0.05) is 26.2 Å². The van der Waals surface area contributed by atoms with Crippen LogP contribution in [0.4, 0.5) is 20.3 Å². The number of nitrogens with zero attached hydrogens (tertiary/aromatic N) is 3. The van der Waals surface area contributed by atoms with E-state index < -0.39 is 11.6 Å². The number of nitrogens with one attached hydrogen (secondary N) is 2. The molecule has 8 nitrogen and oxygen atoms in total. The standard InChI is InChI=1S/C29H34F2N6O2/c1-3-19-17-20(9-10-21(19)29(38)34-14-8-6-4-5-7-13-32)36-27-28-35-18-23(37(28)16-15-33-27)22-11-12-24(39-2)26(31)25(22)30/h9-12,15-18H,3-8,13-14,32H2,1-2H3,(H,33,36)(H,34,38). The molecule has 10 heteroatoms. The van der Waals surface area contributed by atoms with E-state index in [4.69, 9.17) is 10.5 Å². The Morgan fingerprint density at radius 1 is 1.05 bits per heavy atom. The maximum Gasteiger partial charge on any atom is 0.251 e. The lowest BCUT2D eigenvalue weighted by molar-refractivity contribution is 0.0952. The molecule has 2 aromatic carbocycles. The van der Waals surface area contributed by atoms with Gasteiger partial charge in [-0.2, -0.15) is 4.39 Å². The number of carbonyl (C=O) groups is 1. The van der Waals surface area contributed by atoms with Gasteiger partial charge in [-0.15, -0.1) is 0 Å². The number of hydrogen-bond donors (Lipinski definition) is 3. The fourth-order valence-electron chi connectivity index (χ4n) is 4.51. The molecule has 4 rings (SSSR count). The first-order chi connectivity index (χ1) is 19.0. The maximum absolute atomic E-state index is 14.8. The average Bonchev–Trinajstić information content (AvgIpc) is 3.38. The molecule has 0 aliphatic carbocycles. The van der Waals surface area contributed by atoms with Crippen LogP contribution in [0.5, 0.6) is 5.75 Å². The van der Waals surface area contributed by atoms with Crippen molar-refractivity contribution in [1.29, 1.82) is 0 Å². The fraction of sp³-hybridized carbons (Fsp3) is 0.345. The zero-order valence-electron chi connectivity index (χ0n) is 22.3. The number of halogens is 2. The molecule has 39 heavy (non-hydrogen) atoms. The van der Waals surface area contributed by atoms with E-state index in [-0.39, 0.29) is 17.2 Å². The monoisotopic (exact) mass is 536 g/mol. The highest BCUT2D eigenvalue weighted by Crippen LogP contribution is 2.31. The van der Waals surface area contributed by atoms with E-state index in [1.165, 1.54) is 25.4 Å². The van der Waals surface area contributed by atoms with Gasteiger partial charge >= 0.3 is 0 Å². The van der Waals surface area contributed by atoms with Crippen molar-refractivity contribution in [3.05, 3.63) is 71.7 Å². The Labute approximate surface area is 226 Å². The number of rotatable bonds is 13. The molecule has 0 unspecified atom stereocenters. The fourth-order valence-corrected chi connectivity index (χ4v) is 4.51. The summed E-state index contributed by atoms with van der Waals surface area (Å²) in [5.74, 6) is -1.90. The van der Waals surface area contributed by atoms with Gasteiger partial charge in [-0.3, -0.25) is 9.20 Å². The van der Waals surface area contributed by atoms with Crippen LogP contribution >= 0.6 is 0 Å². The Balaban J connectivity index is 1.49. The van der Waals surface area contributed by atoms with E-state index >= 15 is 0 Å². The first kappa shape index (κ1) is 28.0. The summed E-state index contributed by atoms with van der Waals surface area (Å²) in [4.78, 5) is 21.6. The molecule has 0 spiro atoms. The van der Waals surface area contributed by atoms with E-state index in [1.807, 2.05) is 19.1 Å². The van der Waals surface area contributed by atoms with Crippen molar-refractivity contribution < 1.29 is 18.3 Å². The SMILES string of the molecule is CCc1cc(Nc2nccn3c(-c4ccc(OC)c(F)c4F)cnc23)ccc1C(=O)NCCCCCCCN. The molecule has 0 atom stereocenters. The van der Waals surface area contributed by atoms with Crippen LogP contribution in [0.15, 0.2) is 48.9 Å². The molecule has 2 aromatic heterocycles. The summed E-state index contributed by atoms with van der Waals surface area (Å²) in [6, 6.07) is 8.35. The third kappa shape index (κ3) is 6.34. The number of nitrogens with two attached hydrogens (primary N) is 1. The first-order valence-electron chi connectivity index (χ1n) is 13.2. The number of ether oxygens (including phenoxy) is 1. The molecule has 0 aliphatic rings. The number of carbonyl (C=O) groups excluding carboxylic acids is 1. The number of benzene rings is 2. The maximum atomic E-state index is 14.8. The van der Waals surface area contributed by atoms with Gasteiger partial charge in [0.15, 0.2) is 23.0 Å². The van der Waals surface area contributed by atoms with Crippen molar-refractivity contribution in [2.24, 2.45) is 5.73 Å². The number of amides is 1. The van der Waals surface area contributed by atoms with Crippen molar-refractivity contribution >= 4 is 23.1 Å². The van der Waals surface area contributed by atoms with Gasteiger partial charge in [0.05, 0.1) is 19.0 Å². The molecular weight excluding hydrogens is 502 g/mol. The Bertz CT molecular complexity index is 1440. The highest BCUT2D eigenvalue weighted by atomic mass is 19.2. The first-order valence-corrected chi connectivity index (χ1v) is 13.2. The van der Waals surface area contributed by atoms with Gasteiger partial charge in [0.2, 0.25) is 5.82 Å². The normalized spacial score (nSPS) is 11.1. The molecule has 0 bridgehead atoms. The van der Waals surface area contributed by atoms with Crippen LogP contribution in [-0.2, 0) is 6.42 Å². The number of fused-ring (bicyclic) bond motifs is 1. The van der Waals surface area contributed by atoms with Gasteiger partial charge in [0, 0.05) is 35.8 Å². The van der Waals surface area contributed by atoms with Gasteiger partial charge in [-0.25, -0.2) is 14.4 Å². The van der Waals surface area contributed by atoms with Crippen molar-refractivity contribution in [2.45, 2.75) is 45.4 Å². The van der Waals surface area contributed by atoms with Crippen LogP contribution in [0.2, 0.25) is 0 Å². The third-order valence-electron chi connectivity index (χ3n) is 6.63. The van der Waals surface area contributed by atoms with Crippen LogP contribution in [0.3, 0.4) is 0 Å². The Hall–Kier alpha value is -4.05. The molecule has 4 aromatic rings. The van der Waals surface area contributed by atoms with Crippen LogP contribution in [0, 0.1) is 11.6 Å². The predicted octanol–water partition coefficient (Wildman–Crippen LogP) is 5.63. The number of aryl methyl sites for hydroxylation is 1. The largest absolute Gasteiger partial charge is 0.494 e. The summed E-state index contributed by atoms with van der Waals surface area (Å²) in [6.45, 7) is 3.35. The lowest BCUT2D eigenvalue weighted by Gasteiger charge is -2.13. The van der Waals surface area contributed by atoms with Gasteiger partial charge < -0.3 is 21.1 Å². The number of aromatic nitrogens is 3. The highest BCUT2D eigenvalue weighted by molar-refractivity contribution is 5.96. The van der Waals surface area contributed by atoms with Crippen LogP contribution < -0.4 is 21.1 Å². The van der Waals surface area contributed by atoms with Crippen LogP contribution in [0.25, 0.3) is 16.9 Å². The van der Waals surface area contributed by atoms with E-state index in [0.717, 1.165) is 49.9 Å². The number of methoxy groups -OCH3 is 1. The Morgan fingerprint density at radius 3 is 2.62 bits per heavy atom. The molecule has 2 heterocycles. The lowest BCUT2D eigenvalue weighted by Crippen LogP contribution is -2.25. The number of hydrogen-bond acceptors (Lipinski definition) is 6. The summed E-state index contributed by atoms with van der Waals surface area (Å²) >= 11 is 0. The molecule has 1 amide bonds. The van der Waals surface area contributed by atoms with Crippen molar-refractivity contribution in [3.63, 3.8) is 0 Å².